The van der Waals surface area contributed by atoms with Crippen LogP contribution in [-0.4, -0.2) is 35.8 Å². The maximum Gasteiger partial charge on any atom is 0.230 e. The Hall–Kier alpha value is -2.69. The van der Waals surface area contributed by atoms with Gasteiger partial charge in [-0.05, 0) is 48.8 Å². The number of hydrogen-bond donors (Lipinski definition) is 1. The van der Waals surface area contributed by atoms with Gasteiger partial charge in [0.1, 0.15) is 5.82 Å². The van der Waals surface area contributed by atoms with Gasteiger partial charge in [0.05, 0.1) is 5.92 Å². The fourth-order valence-corrected chi connectivity index (χ4v) is 4.62. The van der Waals surface area contributed by atoms with Gasteiger partial charge in [-0.3, -0.25) is 9.59 Å². The molecule has 1 aliphatic carbocycles. The molecular formula is C25H29FN2O2. The smallest absolute Gasteiger partial charge is 0.230 e. The topological polar surface area (TPSA) is 49.4 Å². The molecule has 2 fully saturated rings. The first-order valence-electron chi connectivity index (χ1n) is 11.0. The third-order valence-corrected chi connectivity index (χ3v) is 6.49. The molecule has 0 radical (unpaired) electrons. The molecule has 0 bridgehead atoms. The fraction of sp³-hybridized carbons (Fsp3) is 0.440. The van der Waals surface area contributed by atoms with Crippen molar-refractivity contribution in [2.75, 3.05) is 13.1 Å². The summed E-state index contributed by atoms with van der Waals surface area (Å²) >= 11 is 0. The van der Waals surface area contributed by atoms with Crippen molar-refractivity contribution in [3.63, 3.8) is 0 Å². The molecule has 2 aliphatic rings. The zero-order chi connectivity index (χ0) is 21.1. The number of carbonyl (C=O) groups excluding carboxylic acids is 2. The van der Waals surface area contributed by atoms with Crippen molar-refractivity contribution in [3.05, 3.63) is 71.5 Å². The molecule has 1 N–H and O–H groups in total. The second-order valence-electron chi connectivity index (χ2n) is 8.45. The van der Waals surface area contributed by atoms with Gasteiger partial charge in [-0.15, -0.1) is 0 Å². The van der Waals surface area contributed by atoms with Crippen LogP contribution in [0.25, 0.3) is 0 Å². The molecular weight excluding hydrogens is 379 g/mol. The number of rotatable bonds is 6. The SMILES string of the molecule is CCC(C(=O)N1CCC(NC(=O)C2CC2c2ccccc2F)CC1)c1ccccc1. The van der Waals surface area contributed by atoms with E-state index in [4.69, 9.17) is 0 Å². The molecule has 3 unspecified atom stereocenters. The van der Waals surface area contributed by atoms with Crippen molar-refractivity contribution in [1.29, 1.82) is 0 Å². The van der Waals surface area contributed by atoms with Crippen LogP contribution in [0.1, 0.15) is 55.6 Å². The third-order valence-electron chi connectivity index (χ3n) is 6.49. The minimum atomic E-state index is -0.228. The van der Waals surface area contributed by atoms with Crippen LogP contribution in [-0.2, 0) is 9.59 Å². The van der Waals surface area contributed by atoms with E-state index in [1.54, 1.807) is 12.1 Å². The Kier molecular flexibility index (Phi) is 6.16. The first-order valence-corrected chi connectivity index (χ1v) is 11.0. The zero-order valence-electron chi connectivity index (χ0n) is 17.4. The largest absolute Gasteiger partial charge is 0.353 e. The molecule has 3 atom stereocenters. The number of nitrogens with zero attached hydrogens (tertiary/aromatic N) is 1. The van der Waals surface area contributed by atoms with Gasteiger partial charge in [-0.2, -0.15) is 0 Å². The summed E-state index contributed by atoms with van der Waals surface area (Å²) in [5, 5.41) is 3.14. The Morgan fingerprint density at radius 1 is 1.07 bits per heavy atom. The molecule has 0 spiro atoms. The van der Waals surface area contributed by atoms with Crippen LogP contribution in [0.15, 0.2) is 54.6 Å². The van der Waals surface area contributed by atoms with Gasteiger partial charge in [0.25, 0.3) is 0 Å². The van der Waals surface area contributed by atoms with E-state index in [0.29, 0.717) is 25.1 Å². The Labute approximate surface area is 177 Å². The van der Waals surface area contributed by atoms with E-state index in [1.165, 1.54) is 6.07 Å². The normalized spacial score (nSPS) is 22.4. The average molecular weight is 409 g/mol. The van der Waals surface area contributed by atoms with E-state index < -0.39 is 0 Å². The van der Waals surface area contributed by atoms with Crippen LogP contribution in [0.3, 0.4) is 0 Å². The van der Waals surface area contributed by atoms with Crippen molar-refractivity contribution in [1.82, 2.24) is 10.2 Å². The molecule has 1 heterocycles. The van der Waals surface area contributed by atoms with Crippen molar-refractivity contribution in [2.24, 2.45) is 5.92 Å². The van der Waals surface area contributed by atoms with Crippen molar-refractivity contribution in [3.8, 4) is 0 Å². The van der Waals surface area contributed by atoms with E-state index in [2.05, 4.69) is 5.32 Å². The molecule has 4 nitrogen and oxygen atoms in total. The lowest BCUT2D eigenvalue weighted by atomic mass is 9.93. The summed E-state index contributed by atoms with van der Waals surface area (Å²) in [6, 6.07) is 16.7. The summed E-state index contributed by atoms with van der Waals surface area (Å²) in [5.41, 5.74) is 1.71. The second kappa shape index (κ2) is 8.99. The maximum absolute atomic E-state index is 13.9. The highest BCUT2D eigenvalue weighted by Gasteiger charge is 2.45. The molecule has 2 aromatic carbocycles. The molecule has 1 saturated heterocycles. The Morgan fingerprint density at radius 3 is 2.40 bits per heavy atom. The molecule has 0 aromatic heterocycles. The van der Waals surface area contributed by atoms with Gasteiger partial charge in [0.15, 0.2) is 0 Å². The van der Waals surface area contributed by atoms with E-state index in [1.807, 2.05) is 48.2 Å². The van der Waals surface area contributed by atoms with Crippen molar-refractivity contribution in [2.45, 2.75) is 50.5 Å². The number of hydrogen-bond acceptors (Lipinski definition) is 2. The fourth-order valence-electron chi connectivity index (χ4n) is 4.62. The van der Waals surface area contributed by atoms with Crippen LogP contribution in [0.4, 0.5) is 4.39 Å². The number of halogens is 1. The third kappa shape index (κ3) is 4.40. The van der Waals surface area contributed by atoms with Gasteiger partial charge < -0.3 is 10.2 Å². The van der Waals surface area contributed by atoms with Gasteiger partial charge in [0.2, 0.25) is 11.8 Å². The standard InChI is InChI=1S/C25H29FN2O2/c1-2-19(17-8-4-3-5-9-17)25(30)28-14-12-18(13-15-28)27-24(29)22-16-21(22)20-10-6-7-11-23(20)26/h3-11,18-19,21-22H,2,12-16H2,1H3,(H,27,29). The number of piperidine rings is 1. The molecule has 2 aromatic rings. The highest BCUT2D eigenvalue weighted by Crippen LogP contribution is 2.48. The Morgan fingerprint density at radius 2 is 1.73 bits per heavy atom. The predicted octanol–water partition coefficient (Wildman–Crippen LogP) is 4.23. The number of benzene rings is 2. The monoisotopic (exact) mass is 408 g/mol. The molecule has 2 amide bonds. The number of carbonyl (C=O) groups is 2. The summed E-state index contributed by atoms with van der Waals surface area (Å²) in [4.78, 5) is 27.6. The van der Waals surface area contributed by atoms with Crippen molar-refractivity contribution >= 4 is 11.8 Å². The second-order valence-corrected chi connectivity index (χ2v) is 8.45. The van der Waals surface area contributed by atoms with Gasteiger partial charge >= 0.3 is 0 Å². The zero-order valence-corrected chi connectivity index (χ0v) is 17.4. The Balaban J connectivity index is 1.27. The van der Waals surface area contributed by atoms with Gasteiger partial charge in [-0.1, -0.05) is 55.5 Å². The lowest BCUT2D eigenvalue weighted by Crippen LogP contribution is -2.48. The molecule has 1 aliphatic heterocycles. The van der Waals surface area contributed by atoms with Gasteiger partial charge in [-0.25, -0.2) is 4.39 Å². The predicted molar refractivity (Wildman–Crippen MR) is 114 cm³/mol. The summed E-state index contributed by atoms with van der Waals surface area (Å²) in [6.07, 6.45) is 3.01. The number of nitrogens with one attached hydrogen (secondary N) is 1. The minimum Gasteiger partial charge on any atom is -0.353 e. The highest BCUT2D eigenvalue weighted by atomic mass is 19.1. The average Bonchev–Trinajstić information content (AvgIpc) is 3.57. The summed E-state index contributed by atoms with van der Waals surface area (Å²) in [5.74, 6) is -0.286. The minimum absolute atomic E-state index is 0.0101. The van der Waals surface area contributed by atoms with Gasteiger partial charge in [0, 0.05) is 25.0 Å². The lowest BCUT2D eigenvalue weighted by Gasteiger charge is -2.34. The lowest BCUT2D eigenvalue weighted by molar-refractivity contribution is -0.134. The van der Waals surface area contributed by atoms with Crippen molar-refractivity contribution < 1.29 is 14.0 Å². The van der Waals surface area contributed by atoms with E-state index >= 15 is 0 Å². The van der Waals surface area contributed by atoms with E-state index in [0.717, 1.165) is 24.8 Å². The van der Waals surface area contributed by atoms with Crippen LogP contribution >= 0.6 is 0 Å². The highest BCUT2D eigenvalue weighted by molar-refractivity contribution is 5.84. The number of amides is 2. The van der Waals surface area contributed by atoms with E-state index in [-0.39, 0.29) is 41.4 Å². The quantitative estimate of drug-likeness (QED) is 0.778. The molecule has 30 heavy (non-hydrogen) atoms. The maximum atomic E-state index is 13.9. The molecule has 158 valence electrons. The molecule has 5 heteroatoms. The summed E-state index contributed by atoms with van der Waals surface area (Å²) in [6.45, 7) is 3.37. The van der Waals surface area contributed by atoms with Crippen LogP contribution in [0, 0.1) is 11.7 Å². The number of likely N-dealkylation sites (tertiary alicyclic amines) is 1. The van der Waals surface area contributed by atoms with Crippen LogP contribution in [0.2, 0.25) is 0 Å². The summed E-state index contributed by atoms with van der Waals surface area (Å²) < 4.78 is 13.9. The first-order chi connectivity index (χ1) is 14.6. The summed E-state index contributed by atoms with van der Waals surface area (Å²) in [7, 11) is 0. The van der Waals surface area contributed by atoms with E-state index in [9.17, 15) is 14.0 Å². The molecule has 1 saturated carbocycles. The molecule has 4 rings (SSSR count). The van der Waals surface area contributed by atoms with Crippen LogP contribution in [0.5, 0.6) is 0 Å². The van der Waals surface area contributed by atoms with Crippen LogP contribution < -0.4 is 5.32 Å². The first kappa shape index (κ1) is 20.6. The Bertz CT molecular complexity index is 893.